The van der Waals surface area contributed by atoms with Gasteiger partial charge in [0.25, 0.3) is 0 Å². The Kier molecular flexibility index (Phi) is 4.36. The molecule has 0 bridgehead atoms. The van der Waals surface area contributed by atoms with E-state index in [-0.39, 0.29) is 18.5 Å². The summed E-state index contributed by atoms with van der Waals surface area (Å²) in [5.74, 6) is -0.659. The maximum atomic E-state index is 9.57. The molecule has 8 heteroatoms. The largest absolute Gasteiger partial charge is 0.451 e. The van der Waals surface area contributed by atoms with E-state index in [1.165, 1.54) is 6.26 Å². The minimum absolute atomic E-state index is 0.105. The quantitative estimate of drug-likeness (QED) is 0.654. The van der Waals surface area contributed by atoms with Gasteiger partial charge in [0.05, 0.1) is 12.9 Å². The van der Waals surface area contributed by atoms with E-state index in [4.69, 9.17) is 18.6 Å². The second kappa shape index (κ2) is 6.18. The fourth-order valence-corrected chi connectivity index (χ4v) is 3.03. The summed E-state index contributed by atoms with van der Waals surface area (Å²) < 4.78 is 23.0. The van der Waals surface area contributed by atoms with Crippen LogP contribution in [-0.4, -0.2) is 61.1 Å². The van der Waals surface area contributed by atoms with Gasteiger partial charge in [-0.1, -0.05) is 0 Å². The molecule has 3 heterocycles. The summed E-state index contributed by atoms with van der Waals surface area (Å²) in [7, 11) is 3.66. The average molecular weight is 335 g/mol. The van der Waals surface area contributed by atoms with Gasteiger partial charge in [-0.05, 0) is 13.8 Å². The Bertz CT molecular complexity index is 676. The number of nitrogens with zero attached hydrogens (tertiary/aromatic N) is 3. The molecule has 1 aromatic heterocycles. The Morgan fingerprint density at radius 2 is 2.08 bits per heavy atom. The van der Waals surface area contributed by atoms with Gasteiger partial charge in [-0.3, -0.25) is 0 Å². The van der Waals surface area contributed by atoms with Gasteiger partial charge in [-0.25, -0.2) is 4.99 Å². The molecule has 8 nitrogen and oxygen atoms in total. The molecule has 1 N–H and O–H groups in total. The number of aliphatic hydroxyl groups excluding tert-OH is 1. The Labute approximate surface area is 140 Å². The van der Waals surface area contributed by atoms with Gasteiger partial charge >= 0.3 is 0 Å². The number of hydrogen-bond donors (Lipinski definition) is 1. The van der Waals surface area contributed by atoms with Gasteiger partial charge in [0, 0.05) is 19.7 Å². The summed E-state index contributed by atoms with van der Waals surface area (Å²) in [5, 5.41) is 18.8. The summed E-state index contributed by atoms with van der Waals surface area (Å²) in [6.07, 6.45) is 1.20. The van der Waals surface area contributed by atoms with Crippen molar-refractivity contribution in [3.8, 4) is 6.07 Å². The number of ether oxygens (including phenoxy) is 3. The zero-order chi connectivity index (χ0) is 17.5. The number of nitriles is 1. The molecule has 0 aromatic carbocycles. The van der Waals surface area contributed by atoms with Crippen molar-refractivity contribution < 1.29 is 23.7 Å². The predicted octanol–water partition coefficient (Wildman–Crippen LogP) is 1.32. The Balaban J connectivity index is 1.97. The van der Waals surface area contributed by atoms with Crippen LogP contribution in [0.1, 0.15) is 31.3 Å². The summed E-state index contributed by atoms with van der Waals surface area (Å²) in [4.78, 5) is 6.08. The Morgan fingerprint density at radius 1 is 1.38 bits per heavy atom. The molecular formula is C16H21N3O5. The maximum absolute atomic E-state index is 9.57. The lowest BCUT2D eigenvalue weighted by Crippen LogP contribution is -2.31. The fourth-order valence-electron chi connectivity index (χ4n) is 3.03. The standard InChI is InChI=1S/C16H21N3O5/c1-16(2)23-14-11(6-20)22-13(15(14)24-16)9-7-21-10(5-17)12(9)18-8-19(3)4/h7-8,11,13-15,20H,6H2,1-4H3/t11-,13+,14-,15+/m1/s1. The Hall–Kier alpha value is -1.92. The second-order valence-electron chi connectivity index (χ2n) is 6.53. The van der Waals surface area contributed by atoms with E-state index < -0.39 is 24.1 Å². The van der Waals surface area contributed by atoms with Gasteiger partial charge < -0.3 is 28.6 Å². The average Bonchev–Trinajstić information content (AvgIpc) is 3.14. The van der Waals surface area contributed by atoms with Crippen molar-refractivity contribution >= 4 is 12.0 Å². The molecule has 4 atom stereocenters. The van der Waals surface area contributed by atoms with Crippen LogP contribution in [0.15, 0.2) is 15.7 Å². The lowest BCUT2D eigenvalue weighted by molar-refractivity contribution is -0.191. The lowest BCUT2D eigenvalue weighted by Gasteiger charge is -2.23. The minimum atomic E-state index is -0.764. The topological polar surface area (TPSA) is 100 Å². The molecule has 2 aliphatic rings. The molecule has 0 amide bonds. The van der Waals surface area contributed by atoms with Crippen molar-refractivity contribution in [1.82, 2.24) is 4.90 Å². The molecule has 24 heavy (non-hydrogen) atoms. The maximum Gasteiger partial charge on any atom is 0.229 e. The molecule has 0 aliphatic carbocycles. The molecule has 0 spiro atoms. The van der Waals surface area contributed by atoms with Gasteiger partial charge in [-0.2, -0.15) is 5.26 Å². The van der Waals surface area contributed by atoms with Gasteiger partial charge in [0.1, 0.15) is 42.4 Å². The van der Waals surface area contributed by atoms with Gasteiger partial charge in [0.2, 0.25) is 5.76 Å². The van der Waals surface area contributed by atoms with Crippen LogP contribution >= 0.6 is 0 Å². The van der Waals surface area contributed by atoms with E-state index in [1.807, 2.05) is 34.0 Å². The van der Waals surface area contributed by atoms with Gasteiger partial charge in [0.15, 0.2) is 5.79 Å². The summed E-state index contributed by atoms with van der Waals surface area (Å²) in [6.45, 7) is 3.45. The number of fused-ring (bicyclic) bond motifs is 1. The first-order chi connectivity index (χ1) is 11.4. The van der Waals surface area contributed by atoms with E-state index in [0.717, 1.165) is 0 Å². The first-order valence-corrected chi connectivity index (χ1v) is 7.70. The number of rotatable bonds is 4. The van der Waals surface area contributed by atoms with Crippen LogP contribution in [0.3, 0.4) is 0 Å². The molecule has 3 rings (SSSR count). The highest BCUT2D eigenvalue weighted by Gasteiger charge is 2.56. The van der Waals surface area contributed by atoms with Gasteiger partial charge in [-0.15, -0.1) is 0 Å². The summed E-state index contributed by atoms with van der Waals surface area (Å²) in [6, 6.07) is 1.99. The van der Waals surface area contributed by atoms with Crippen LogP contribution in [0.25, 0.3) is 0 Å². The highest BCUT2D eigenvalue weighted by atomic mass is 16.8. The van der Waals surface area contributed by atoms with Crippen LogP contribution in [0.4, 0.5) is 5.69 Å². The molecule has 130 valence electrons. The van der Waals surface area contributed by atoms with Crippen LogP contribution in [0.2, 0.25) is 0 Å². The molecule has 1 aromatic rings. The zero-order valence-electron chi connectivity index (χ0n) is 14.1. The normalized spacial score (nSPS) is 31.3. The summed E-state index contributed by atoms with van der Waals surface area (Å²) >= 11 is 0. The van der Waals surface area contributed by atoms with Crippen LogP contribution in [0, 0.1) is 11.3 Å². The lowest BCUT2D eigenvalue weighted by atomic mass is 10.0. The van der Waals surface area contributed by atoms with Crippen molar-refractivity contribution in [2.75, 3.05) is 20.7 Å². The monoisotopic (exact) mass is 335 g/mol. The smallest absolute Gasteiger partial charge is 0.229 e. The van der Waals surface area contributed by atoms with Crippen LogP contribution in [-0.2, 0) is 14.2 Å². The molecular weight excluding hydrogens is 314 g/mol. The number of aliphatic hydroxyl groups is 1. The van der Waals surface area contributed by atoms with E-state index in [1.54, 1.807) is 11.2 Å². The van der Waals surface area contributed by atoms with E-state index in [0.29, 0.717) is 11.3 Å². The van der Waals surface area contributed by atoms with E-state index >= 15 is 0 Å². The SMILES string of the molecule is CN(C)C=Nc1c([C@@H]2O[C@H](CO)[C@H]3OC(C)(C)O[C@H]32)coc1C#N. The molecule has 0 radical (unpaired) electrons. The van der Waals surface area contributed by atoms with Crippen molar-refractivity contribution in [2.45, 2.75) is 44.1 Å². The van der Waals surface area contributed by atoms with Crippen molar-refractivity contribution in [3.63, 3.8) is 0 Å². The highest BCUT2D eigenvalue weighted by Crippen LogP contribution is 2.48. The third kappa shape index (κ3) is 2.91. The molecule has 2 saturated heterocycles. The predicted molar refractivity (Wildman–Crippen MR) is 83.8 cm³/mol. The van der Waals surface area contributed by atoms with Crippen molar-refractivity contribution in [2.24, 2.45) is 4.99 Å². The number of aliphatic imine (C=N–C) groups is 1. The van der Waals surface area contributed by atoms with E-state index in [2.05, 4.69) is 4.99 Å². The molecule has 0 saturated carbocycles. The Morgan fingerprint density at radius 3 is 2.71 bits per heavy atom. The third-order valence-corrected chi connectivity index (χ3v) is 3.95. The summed E-state index contributed by atoms with van der Waals surface area (Å²) in [5.41, 5.74) is 1.01. The molecule has 0 unspecified atom stereocenters. The first-order valence-electron chi connectivity index (χ1n) is 7.70. The first kappa shape index (κ1) is 16.9. The molecule has 2 aliphatic heterocycles. The second-order valence-corrected chi connectivity index (χ2v) is 6.53. The number of hydrogen-bond acceptors (Lipinski definition) is 7. The fraction of sp³-hybridized carbons (Fsp3) is 0.625. The number of furan rings is 1. The zero-order valence-corrected chi connectivity index (χ0v) is 14.1. The van der Waals surface area contributed by atoms with Crippen LogP contribution in [0.5, 0.6) is 0 Å². The molecule has 2 fully saturated rings. The van der Waals surface area contributed by atoms with Crippen LogP contribution < -0.4 is 0 Å². The third-order valence-electron chi connectivity index (χ3n) is 3.95. The van der Waals surface area contributed by atoms with E-state index in [9.17, 15) is 10.4 Å². The highest BCUT2D eigenvalue weighted by molar-refractivity contribution is 5.66. The van der Waals surface area contributed by atoms with Crippen molar-refractivity contribution in [3.05, 3.63) is 17.6 Å². The minimum Gasteiger partial charge on any atom is -0.451 e. The van der Waals surface area contributed by atoms with Crippen molar-refractivity contribution in [1.29, 1.82) is 5.26 Å².